The molecule has 0 spiro atoms. The summed E-state index contributed by atoms with van der Waals surface area (Å²) in [4.78, 5) is 14.9. The molecule has 2 heterocycles. The third-order valence-corrected chi connectivity index (χ3v) is 6.63. The lowest BCUT2D eigenvalue weighted by molar-refractivity contribution is 0.0665. The molecular formula is C21H27NO5S. The summed E-state index contributed by atoms with van der Waals surface area (Å²) in [5.74, 6) is 1.94. The number of hydrogen-bond donors (Lipinski definition) is 0. The molecule has 0 N–H and O–H groups in total. The zero-order chi connectivity index (χ0) is 20.1. The predicted octanol–water partition coefficient (Wildman–Crippen LogP) is 3.60. The van der Waals surface area contributed by atoms with E-state index in [0.717, 1.165) is 18.6 Å². The summed E-state index contributed by atoms with van der Waals surface area (Å²) >= 11 is 0. The van der Waals surface area contributed by atoms with Gasteiger partial charge in [0.25, 0.3) is 5.91 Å². The van der Waals surface area contributed by atoms with Gasteiger partial charge in [0.1, 0.15) is 17.3 Å². The fraction of sp³-hybridized carbons (Fsp3) is 0.476. The second kappa shape index (κ2) is 8.82. The highest BCUT2D eigenvalue weighted by atomic mass is 32.2. The number of unbranched alkanes of at least 4 members (excludes halogenated alkanes) is 1. The average Bonchev–Trinajstić information content (AvgIpc) is 3.24. The maximum Gasteiger partial charge on any atom is 0.254 e. The number of rotatable bonds is 8. The van der Waals surface area contributed by atoms with Crippen molar-refractivity contribution in [2.24, 2.45) is 0 Å². The van der Waals surface area contributed by atoms with Crippen LogP contribution in [0.25, 0.3) is 0 Å². The van der Waals surface area contributed by atoms with E-state index < -0.39 is 9.84 Å². The number of aryl methyl sites for hydroxylation is 1. The van der Waals surface area contributed by atoms with Crippen molar-refractivity contribution < 1.29 is 22.4 Å². The van der Waals surface area contributed by atoms with Crippen LogP contribution in [0.3, 0.4) is 0 Å². The summed E-state index contributed by atoms with van der Waals surface area (Å²) in [7, 11) is -3.12. The molecule has 0 aliphatic carbocycles. The minimum atomic E-state index is -3.12. The Balaban J connectivity index is 1.82. The number of ether oxygens (including phenoxy) is 1. The van der Waals surface area contributed by atoms with E-state index in [1.54, 1.807) is 23.1 Å². The third kappa shape index (κ3) is 5.16. The topological polar surface area (TPSA) is 76.8 Å². The van der Waals surface area contributed by atoms with Gasteiger partial charge in [-0.15, -0.1) is 0 Å². The smallest absolute Gasteiger partial charge is 0.254 e. The van der Waals surface area contributed by atoms with Gasteiger partial charge in [-0.3, -0.25) is 4.79 Å². The minimum absolute atomic E-state index is 0.00881. The quantitative estimate of drug-likeness (QED) is 0.627. The first-order valence-electron chi connectivity index (χ1n) is 9.67. The molecule has 0 radical (unpaired) electrons. The molecule has 1 aromatic heterocycles. The van der Waals surface area contributed by atoms with Crippen LogP contribution >= 0.6 is 0 Å². The Hall–Kier alpha value is -2.28. The van der Waals surface area contributed by atoms with Gasteiger partial charge >= 0.3 is 0 Å². The second-order valence-corrected chi connectivity index (χ2v) is 9.46. The normalized spacial score (nSPS) is 18.1. The first-order valence-corrected chi connectivity index (χ1v) is 11.5. The molecule has 1 amide bonds. The summed E-state index contributed by atoms with van der Waals surface area (Å²) in [5.41, 5.74) is 0.488. The predicted molar refractivity (Wildman–Crippen MR) is 107 cm³/mol. The fourth-order valence-corrected chi connectivity index (χ4v) is 5.08. The average molecular weight is 406 g/mol. The van der Waals surface area contributed by atoms with E-state index in [1.165, 1.54) is 0 Å². The lowest BCUT2D eigenvalue weighted by Gasteiger charge is -2.27. The number of hydrogen-bond acceptors (Lipinski definition) is 5. The van der Waals surface area contributed by atoms with E-state index in [0.29, 0.717) is 30.1 Å². The van der Waals surface area contributed by atoms with Crippen molar-refractivity contribution in [3.63, 3.8) is 0 Å². The van der Waals surface area contributed by atoms with E-state index in [1.807, 2.05) is 25.1 Å². The lowest BCUT2D eigenvalue weighted by Crippen LogP contribution is -2.40. The zero-order valence-electron chi connectivity index (χ0n) is 16.4. The zero-order valence-corrected chi connectivity index (χ0v) is 17.2. The monoisotopic (exact) mass is 405 g/mol. The highest BCUT2D eigenvalue weighted by Crippen LogP contribution is 2.24. The molecule has 1 fully saturated rings. The number of sulfone groups is 1. The standard InChI is InChI=1S/C21H27NO5S/c1-3-4-11-26-19-7-5-6-17(13-19)21(23)22(14-20-9-8-16(2)27-20)18-10-12-28(24,25)15-18/h5-9,13,18H,3-4,10-12,14-15H2,1-2H3/t18-/m0/s1. The molecule has 1 aromatic carbocycles. The van der Waals surface area contributed by atoms with Crippen LogP contribution in [-0.2, 0) is 16.4 Å². The highest BCUT2D eigenvalue weighted by molar-refractivity contribution is 7.91. The van der Waals surface area contributed by atoms with Gasteiger partial charge in [-0.25, -0.2) is 8.42 Å². The Kier molecular flexibility index (Phi) is 6.44. The second-order valence-electron chi connectivity index (χ2n) is 7.23. The largest absolute Gasteiger partial charge is 0.494 e. The SMILES string of the molecule is CCCCOc1cccc(C(=O)N(Cc2ccc(C)o2)[C@H]2CCS(=O)(=O)C2)c1. The van der Waals surface area contributed by atoms with E-state index in [-0.39, 0.29) is 30.0 Å². The van der Waals surface area contributed by atoms with Crippen LogP contribution in [0, 0.1) is 6.92 Å². The summed E-state index contributed by atoms with van der Waals surface area (Å²) in [6, 6.07) is 10.4. The van der Waals surface area contributed by atoms with E-state index in [4.69, 9.17) is 9.15 Å². The van der Waals surface area contributed by atoms with Gasteiger partial charge in [0.05, 0.1) is 24.7 Å². The molecule has 2 aromatic rings. The summed E-state index contributed by atoms with van der Waals surface area (Å²) < 4.78 is 35.3. The van der Waals surface area contributed by atoms with Gasteiger partial charge in [-0.2, -0.15) is 0 Å². The molecule has 6 nitrogen and oxygen atoms in total. The molecule has 1 aliphatic heterocycles. The van der Waals surface area contributed by atoms with Crippen molar-refractivity contribution in [3.8, 4) is 5.75 Å². The molecule has 1 saturated heterocycles. The van der Waals surface area contributed by atoms with Gasteiger partial charge in [0, 0.05) is 11.6 Å². The maximum atomic E-state index is 13.3. The summed E-state index contributed by atoms with van der Waals surface area (Å²) in [6.07, 6.45) is 2.42. The van der Waals surface area contributed by atoms with Crippen LogP contribution in [0.2, 0.25) is 0 Å². The number of furan rings is 1. The molecule has 0 bridgehead atoms. The number of nitrogens with zero attached hydrogens (tertiary/aromatic N) is 1. The molecule has 152 valence electrons. The Morgan fingerprint density at radius 2 is 2.11 bits per heavy atom. The van der Waals surface area contributed by atoms with Crippen LogP contribution in [0.4, 0.5) is 0 Å². The number of carbonyl (C=O) groups is 1. The Labute approximate surface area is 166 Å². The summed E-state index contributed by atoms with van der Waals surface area (Å²) in [6.45, 7) is 4.78. The van der Waals surface area contributed by atoms with Crippen LogP contribution in [0.5, 0.6) is 5.75 Å². The Morgan fingerprint density at radius 3 is 2.75 bits per heavy atom. The molecule has 1 atom stereocenters. The molecule has 3 rings (SSSR count). The van der Waals surface area contributed by atoms with E-state index >= 15 is 0 Å². The van der Waals surface area contributed by atoms with Crippen LogP contribution < -0.4 is 4.74 Å². The summed E-state index contributed by atoms with van der Waals surface area (Å²) in [5, 5.41) is 0. The van der Waals surface area contributed by atoms with E-state index in [9.17, 15) is 13.2 Å². The highest BCUT2D eigenvalue weighted by Gasteiger charge is 2.35. The van der Waals surface area contributed by atoms with Crippen molar-refractivity contribution in [1.29, 1.82) is 0 Å². The van der Waals surface area contributed by atoms with Gasteiger partial charge in [0.15, 0.2) is 9.84 Å². The number of amides is 1. The molecule has 1 aliphatic rings. The van der Waals surface area contributed by atoms with Gasteiger partial charge in [-0.1, -0.05) is 19.4 Å². The van der Waals surface area contributed by atoms with Crippen LogP contribution in [0.1, 0.15) is 48.1 Å². The van der Waals surface area contributed by atoms with Gasteiger partial charge < -0.3 is 14.1 Å². The van der Waals surface area contributed by atoms with Crippen molar-refractivity contribution >= 4 is 15.7 Å². The number of carbonyl (C=O) groups excluding carboxylic acids is 1. The van der Waals surface area contributed by atoms with Gasteiger partial charge in [0.2, 0.25) is 0 Å². The maximum absolute atomic E-state index is 13.3. The van der Waals surface area contributed by atoms with Crippen molar-refractivity contribution in [2.75, 3.05) is 18.1 Å². The molecular weight excluding hydrogens is 378 g/mol. The molecule has 7 heteroatoms. The molecule has 28 heavy (non-hydrogen) atoms. The fourth-order valence-electron chi connectivity index (χ4n) is 3.35. The van der Waals surface area contributed by atoms with Gasteiger partial charge in [-0.05, 0) is 50.1 Å². The minimum Gasteiger partial charge on any atom is -0.494 e. The van der Waals surface area contributed by atoms with Crippen LogP contribution in [-0.4, -0.2) is 43.4 Å². The van der Waals surface area contributed by atoms with Crippen LogP contribution in [0.15, 0.2) is 40.8 Å². The first kappa shape index (κ1) is 20.5. The Morgan fingerprint density at radius 1 is 1.29 bits per heavy atom. The number of benzene rings is 1. The Bertz CT molecular complexity index is 918. The lowest BCUT2D eigenvalue weighted by atomic mass is 10.1. The van der Waals surface area contributed by atoms with E-state index in [2.05, 4.69) is 6.92 Å². The first-order chi connectivity index (χ1) is 13.4. The van der Waals surface area contributed by atoms with Crippen molar-refractivity contribution in [2.45, 2.75) is 45.7 Å². The molecule has 0 saturated carbocycles. The molecule has 0 unspecified atom stereocenters. The third-order valence-electron chi connectivity index (χ3n) is 4.88. The van der Waals surface area contributed by atoms with Crippen molar-refractivity contribution in [3.05, 3.63) is 53.5 Å². The van der Waals surface area contributed by atoms with Crippen molar-refractivity contribution in [1.82, 2.24) is 4.90 Å².